The smallest absolute Gasteiger partial charge is 0.326 e. The first kappa shape index (κ1) is 14.8. The highest BCUT2D eigenvalue weighted by Crippen LogP contribution is 2.41. The third kappa shape index (κ3) is 3.49. The molecule has 0 spiro atoms. The van der Waals surface area contributed by atoms with E-state index < -0.39 is 5.54 Å². The van der Waals surface area contributed by atoms with Crippen LogP contribution in [0.15, 0.2) is 15.9 Å². The molecule has 1 heterocycles. The van der Waals surface area contributed by atoms with E-state index >= 15 is 0 Å². The van der Waals surface area contributed by atoms with Crippen molar-refractivity contribution in [1.82, 2.24) is 10.3 Å². The predicted molar refractivity (Wildman–Crippen MR) is 78.7 cm³/mol. The molecular weight excluding hydrogens is 280 g/mol. The maximum atomic E-state index is 12.1. The molecule has 0 amide bonds. The van der Waals surface area contributed by atoms with Crippen LogP contribution in [0.4, 0.5) is 0 Å². The van der Waals surface area contributed by atoms with Crippen molar-refractivity contribution in [2.45, 2.75) is 47.7 Å². The Kier molecular flexibility index (Phi) is 5.24. The lowest BCUT2D eigenvalue weighted by atomic mass is 9.97. The van der Waals surface area contributed by atoms with Gasteiger partial charge < -0.3 is 10.1 Å². The molecule has 0 saturated heterocycles. The maximum absolute atomic E-state index is 12.1. The fourth-order valence-corrected chi connectivity index (χ4v) is 4.66. The summed E-state index contributed by atoms with van der Waals surface area (Å²) in [6, 6.07) is 0. The zero-order valence-corrected chi connectivity index (χ0v) is 13.0. The summed E-state index contributed by atoms with van der Waals surface area (Å²) in [5.41, 5.74) is -0.486. The number of esters is 1. The Morgan fingerprint density at radius 2 is 2.58 bits per heavy atom. The fraction of sp³-hybridized carbons (Fsp3) is 0.692. The lowest BCUT2D eigenvalue weighted by Gasteiger charge is -2.27. The van der Waals surface area contributed by atoms with Crippen molar-refractivity contribution in [1.29, 1.82) is 0 Å². The minimum atomic E-state index is -0.486. The van der Waals surface area contributed by atoms with Crippen LogP contribution >= 0.6 is 23.1 Å². The molecule has 1 fully saturated rings. The minimum absolute atomic E-state index is 0.122. The van der Waals surface area contributed by atoms with E-state index in [1.54, 1.807) is 23.1 Å². The molecule has 19 heavy (non-hydrogen) atoms. The monoisotopic (exact) mass is 300 g/mol. The molecule has 2 rings (SSSR count). The normalized spacial score (nSPS) is 26.5. The number of hydrogen-bond acceptors (Lipinski definition) is 6. The summed E-state index contributed by atoms with van der Waals surface area (Å²) in [5.74, 6) is -0.122. The molecule has 6 heteroatoms. The summed E-state index contributed by atoms with van der Waals surface area (Å²) in [5, 5.41) is 5.83. The number of methoxy groups -OCH3 is 1. The number of aromatic nitrogens is 1. The van der Waals surface area contributed by atoms with Gasteiger partial charge in [0.2, 0.25) is 0 Å². The van der Waals surface area contributed by atoms with Crippen molar-refractivity contribution >= 4 is 29.1 Å². The lowest BCUT2D eigenvalue weighted by molar-refractivity contribution is -0.148. The number of ether oxygens (including phenoxy) is 1. The maximum Gasteiger partial charge on any atom is 0.326 e. The van der Waals surface area contributed by atoms with Gasteiger partial charge in [-0.15, -0.1) is 11.3 Å². The molecule has 2 unspecified atom stereocenters. The average Bonchev–Trinajstić information content (AvgIpc) is 3.07. The highest BCUT2D eigenvalue weighted by molar-refractivity contribution is 8.01. The van der Waals surface area contributed by atoms with Crippen molar-refractivity contribution in [3.8, 4) is 0 Å². The highest BCUT2D eigenvalue weighted by Gasteiger charge is 2.46. The molecule has 1 aromatic heterocycles. The standard InChI is InChI=1S/C13H20N2O2S2/c1-3-6-15-13(11(16)17-2)5-4-10(9-13)19-12-14-7-8-18-12/h7-8,10,15H,3-6,9H2,1-2H3. The Labute approximate surface area is 122 Å². The van der Waals surface area contributed by atoms with Gasteiger partial charge >= 0.3 is 5.97 Å². The summed E-state index contributed by atoms with van der Waals surface area (Å²) in [4.78, 5) is 16.4. The molecule has 1 aliphatic carbocycles. The van der Waals surface area contributed by atoms with Gasteiger partial charge in [0.15, 0.2) is 0 Å². The Morgan fingerprint density at radius 3 is 3.21 bits per heavy atom. The first-order chi connectivity index (χ1) is 9.20. The van der Waals surface area contributed by atoms with E-state index in [0.717, 1.165) is 36.6 Å². The summed E-state index contributed by atoms with van der Waals surface area (Å²) in [7, 11) is 1.47. The SMILES string of the molecule is CCCNC1(C(=O)OC)CCC(Sc2nccs2)C1. The van der Waals surface area contributed by atoms with Gasteiger partial charge in [0.05, 0.1) is 7.11 Å². The second kappa shape index (κ2) is 6.72. The molecule has 0 aliphatic heterocycles. The van der Waals surface area contributed by atoms with Crippen LogP contribution < -0.4 is 5.32 Å². The first-order valence-corrected chi connectivity index (χ1v) is 8.35. The fourth-order valence-electron chi connectivity index (χ4n) is 2.49. The molecule has 106 valence electrons. The predicted octanol–water partition coefficient (Wildman–Crippen LogP) is 2.70. The van der Waals surface area contributed by atoms with Crippen molar-refractivity contribution in [3.63, 3.8) is 0 Å². The minimum Gasteiger partial charge on any atom is -0.468 e. The van der Waals surface area contributed by atoms with Gasteiger partial charge in [-0.1, -0.05) is 18.7 Å². The molecule has 1 saturated carbocycles. The summed E-state index contributed by atoms with van der Waals surface area (Å²) < 4.78 is 6.08. The Morgan fingerprint density at radius 1 is 1.74 bits per heavy atom. The number of rotatable bonds is 6. The van der Waals surface area contributed by atoms with Crippen molar-refractivity contribution < 1.29 is 9.53 Å². The number of carbonyl (C=O) groups excluding carboxylic acids is 1. The molecule has 0 bridgehead atoms. The molecule has 1 N–H and O–H groups in total. The van der Waals surface area contributed by atoms with E-state index in [0.29, 0.717) is 5.25 Å². The van der Waals surface area contributed by atoms with Crippen LogP contribution in [0, 0.1) is 0 Å². The molecule has 0 aromatic carbocycles. The second-order valence-corrected chi connectivity index (χ2v) is 7.22. The number of nitrogens with one attached hydrogen (secondary N) is 1. The van der Waals surface area contributed by atoms with Gasteiger partial charge in [0.25, 0.3) is 0 Å². The Balaban J connectivity index is 2.00. The Bertz CT molecular complexity index is 411. The van der Waals surface area contributed by atoms with Crippen molar-refractivity contribution in [2.24, 2.45) is 0 Å². The number of thiazole rings is 1. The quantitative estimate of drug-likeness (QED) is 0.819. The molecule has 4 nitrogen and oxygen atoms in total. The van der Waals surface area contributed by atoms with Crippen LogP contribution in [0.25, 0.3) is 0 Å². The number of thioether (sulfide) groups is 1. The zero-order valence-electron chi connectivity index (χ0n) is 11.3. The number of carbonyl (C=O) groups is 1. The second-order valence-electron chi connectivity index (χ2n) is 4.78. The molecule has 1 aliphatic rings. The van der Waals surface area contributed by atoms with E-state index in [4.69, 9.17) is 4.74 Å². The molecule has 2 atom stereocenters. The molecule has 1 aromatic rings. The lowest BCUT2D eigenvalue weighted by Crippen LogP contribution is -2.51. The number of nitrogens with zero attached hydrogens (tertiary/aromatic N) is 1. The van der Waals surface area contributed by atoms with Gasteiger partial charge in [0.1, 0.15) is 9.88 Å². The van der Waals surface area contributed by atoms with Crippen LogP contribution in [0.1, 0.15) is 32.6 Å². The zero-order chi connectivity index (χ0) is 13.7. The highest BCUT2D eigenvalue weighted by atomic mass is 32.2. The van der Waals surface area contributed by atoms with E-state index in [2.05, 4.69) is 17.2 Å². The van der Waals surface area contributed by atoms with Gasteiger partial charge in [-0.25, -0.2) is 4.98 Å². The van der Waals surface area contributed by atoms with Crippen LogP contribution in [-0.4, -0.2) is 35.4 Å². The van der Waals surface area contributed by atoms with Gasteiger partial charge in [0, 0.05) is 16.8 Å². The van der Waals surface area contributed by atoms with E-state index in [-0.39, 0.29) is 5.97 Å². The van der Waals surface area contributed by atoms with Crippen LogP contribution in [0.3, 0.4) is 0 Å². The van der Waals surface area contributed by atoms with Gasteiger partial charge in [-0.05, 0) is 32.2 Å². The summed E-state index contributed by atoms with van der Waals surface area (Å²) >= 11 is 3.44. The third-order valence-corrected chi connectivity index (χ3v) is 5.62. The van der Waals surface area contributed by atoms with E-state index in [9.17, 15) is 4.79 Å². The number of hydrogen-bond donors (Lipinski definition) is 1. The summed E-state index contributed by atoms with van der Waals surface area (Å²) in [6.45, 7) is 2.96. The van der Waals surface area contributed by atoms with Gasteiger partial charge in [-0.2, -0.15) is 0 Å². The first-order valence-electron chi connectivity index (χ1n) is 6.60. The van der Waals surface area contributed by atoms with Crippen LogP contribution in [0.2, 0.25) is 0 Å². The van der Waals surface area contributed by atoms with Crippen molar-refractivity contribution in [3.05, 3.63) is 11.6 Å². The Hall–Kier alpha value is -0.590. The topological polar surface area (TPSA) is 51.2 Å². The molecular formula is C13H20N2O2S2. The van der Waals surface area contributed by atoms with Crippen molar-refractivity contribution in [2.75, 3.05) is 13.7 Å². The summed E-state index contributed by atoms with van der Waals surface area (Å²) in [6.07, 6.45) is 5.54. The molecule has 0 radical (unpaired) electrons. The van der Waals surface area contributed by atoms with Crippen LogP contribution in [0.5, 0.6) is 0 Å². The largest absolute Gasteiger partial charge is 0.468 e. The third-order valence-electron chi connectivity index (χ3n) is 3.44. The van der Waals surface area contributed by atoms with Crippen LogP contribution in [-0.2, 0) is 9.53 Å². The average molecular weight is 300 g/mol. The van der Waals surface area contributed by atoms with E-state index in [1.807, 2.05) is 11.6 Å². The van der Waals surface area contributed by atoms with Gasteiger partial charge in [-0.3, -0.25) is 4.79 Å². The van der Waals surface area contributed by atoms with E-state index in [1.165, 1.54) is 7.11 Å².